The number of anilines is 2. The van der Waals surface area contributed by atoms with Crippen molar-refractivity contribution < 1.29 is 10.2 Å². The predicted molar refractivity (Wildman–Crippen MR) is 88.6 cm³/mol. The van der Waals surface area contributed by atoms with Gasteiger partial charge in [-0.15, -0.1) is 0 Å². The van der Waals surface area contributed by atoms with E-state index in [-0.39, 0.29) is 12.2 Å². The van der Waals surface area contributed by atoms with Gasteiger partial charge in [-0.05, 0) is 44.2 Å². The minimum absolute atomic E-state index is 0.214. The second-order valence-corrected chi connectivity index (χ2v) is 6.54. The summed E-state index contributed by atoms with van der Waals surface area (Å²) in [7, 11) is 0. The molecule has 0 amide bonds. The molecule has 2 fully saturated rings. The summed E-state index contributed by atoms with van der Waals surface area (Å²) in [4.78, 5) is 9.06. The average molecular weight is 316 g/mol. The van der Waals surface area contributed by atoms with Crippen molar-refractivity contribution in [1.82, 2.24) is 4.98 Å². The zero-order valence-corrected chi connectivity index (χ0v) is 13.6. The van der Waals surface area contributed by atoms with E-state index in [0.29, 0.717) is 18.4 Å². The van der Waals surface area contributed by atoms with Crippen LogP contribution in [0.3, 0.4) is 0 Å². The van der Waals surface area contributed by atoms with Crippen LogP contribution in [0.15, 0.2) is 6.07 Å². The lowest BCUT2D eigenvalue weighted by atomic mass is 10.0. The first kappa shape index (κ1) is 16.0. The Labute approximate surface area is 137 Å². The third kappa shape index (κ3) is 3.41. The van der Waals surface area contributed by atoms with Gasteiger partial charge in [0.15, 0.2) is 0 Å². The number of aromatic nitrogens is 1. The summed E-state index contributed by atoms with van der Waals surface area (Å²) in [6.07, 6.45) is 2.48. The summed E-state index contributed by atoms with van der Waals surface area (Å²) < 4.78 is 0. The number of pyridine rings is 1. The van der Waals surface area contributed by atoms with Crippen LogP contribution >= 0.6 is 0 Å². The Bertz CT molecular complexity index is 597. The number of rotatable bonds is 2. The summed E-state index contributed by atoms with van der Waals surface area (Å²) in [6, 6.07) is 4.26. The third-order valence-electron chi connectivity index (χ3n) is 4.85. The predicted octanol–water partition coefficient (Wildman–Crippen LogP) is 1.18. The van der Waals surface area contributed by atoms with Crippen LogP contribution in [-0.4, -0.2) is 53.6 Å². The van der Waals surface area contributed by atoms with E-state index in [9.17, 15) is 15.5 Å². The Balaban J connectivity index is 1.89. The van der Waals surface area contributed by atoms with Gasteiger partial charge in [0.25, 0.3) is 0 Å². The second-order valence-electron chi connectivity index (χ2n) is 6.54. The van der Waals surface area contributed by atoms with Crippen molar-refractivity contribution in [2.24, 2.45) is 0 Å². The number of aliphatic hydroxyl groups excluding tert-OH is 2. The summed E-state index contributed by atoms with van der Waals surface area (Å²) in [5, 5.41) is 28.9. The highest BCUT2D eigenvalue weighted by molar-refractivity contribution is 5.63. The Hall–Kier alpha value is -1.84. The molecule has 0 radical (unpaired) electrons. The Morgan fingerprint density at radius 3 is 2.09 bits per heavy atom. The number of hydrogen-bond donors (Lipinski definition) is 2. The fourth-order valence-electron chi connectivity index (χ4n) is 3.34. The first-order chi connectivity index (χ1) is 11.1. The van der Waals surface area contributed by atoms with Crippen LogP contribution in [0.5, 0.6) is 0 Å². The molecule has 0 unspecified atom stereocenters. The molecule has 0 atom stereocenters. The quantitative estimate of drug-likeness (QED) is 0.852. The lowest BCUT2D eigenvalue weighted by molar-refractivity contribution is 0.145. The van der Waals surface area contributed by atoms with Crippen molar-refractivity contribution in [1.29, 1.82) is 5.26 Å². The standard InChI is InChI=1S/C17H24N4O2/c1-12-10-16(20-6-2-13(22)3-7-20)19-17(15(12)11-18)21-8-4-14(23)5-9-21/h10,13-14,22-23H,2-9H2,1H3. The number of nitriles is 1. The van der Waals surface area contributed by atoms with E-state index >= 15 is 0 Å². The number of aryl methyl sites for hydroxylation is 1. The van der Waals surface area contributed by atoms with E-state index in [1.54, 1.807) is 0 Å². The molecule has 6 heteroatoms. The molecule has 0 bridgehead atoms. The van der Waals surface area contributed by atoms with Crippen LogP contribution < -0.4 is 9.80 Å². The van der Waals surface area contributed by atoms with Crippen LogP contribution in [0.25, 0.3) is 0 Å². The highest BCUT2D eigenvalue weighted by Crippen LogP contribution is 2.29. The topological polar surface area (TPSA) is 83.6 Å². The summed E-state index contributed by atoms with van der Waals surface area (Å²) in [6.45, 7) is 4.98. The highest BCUT2D eigenvalue weighted by atomic mass is 16.3. The van der Waals surface area contributed by atoms with E-state index in [4.69, 9.17) is 4.98 Å². The first-order valence-corrected chi connectivity index (χ1v) is 8.36. The van der Waals surface area contributed by atoms with Crippen LogP contribution in [0.4, 0.5) is 11.6 Å². The van der Waals surface area contributed by atoms with Crippen LogP contribution in [-0.2, 0) is 0 Å². The SMILES string of the molecule is Cc1cc(N2CCC(O)CC2)nc(N2CCC(O)CC2)c1C#N. The first-order valence-electron chi connectivity index (χ1n) is 8.36. The van der Waals surface area contributed by atoms with Gasteiger partial charge >= 0.3 is 0 Å². The van der Waals surface area contributed by atoms with Crippen molar-refractivity contribution in [2.75, 3.05) is 36.0 Å². The zero-order valence-electron chi connectivity index (χ0n) is 13.6. The molecule has 3 rings (SSSR count). The van der Waals surface area contributed by atoms with Gasteiger partial charge < -0.3 is 20.0 Å². The number of piperidine rings is 2. The molecular formula is C17H24N4O2. The fourth-order valence-corrected chi connectivity index (χ4v) is 3.34. The largest absolute Gasteiger partial charge is 0.393 e. The van der Waals surface area contributed by atoms with Crippen LogP contribution in [0.1, 0.15) is 36.8 Å². The summed E-state index contributed by atoms with van der Waals surface area (Å²) in [5.74, 6) is 1.62. The van der Waals surface area contributed by atoms with Gasteiger partial charge in [0.05, 0.1) is 17.8 Å². The van der Waals surface area contributed by atoms with Crippen molar-refractivity contribution in [3.05, 3.63) is 17.2 Å². The van der Waals surface area contributed by atoms with Crippen LogP contribution in [0, 0.1) is 18.3 Å². The minimum Gasteiger partial charge on any atom is -0.393 e. The van der Waals surface area contributed by atoms with Crippen LogP contribution in [0.2, 0.25) is 0 Å². The van der Waals surface area contributed by atoms with E-state index in [1.807, 2.05) is 13.0 Å². The van der Waals surface area contributed by atoms with Crippen molar-refractivity contribution in [3.63, 3.8) is 0 Å². The van der Waals surface area contributed by atoms with Gasteiger partial charge in [0.1, 0.15) is 17.7 Å². The maximum Gasteiger partial charge on any atom is 0.149 e. The molecule has 2 N–H and O–H groups in total. The molecular weight excluding hydrogens is 292 g/mol. The Morgan fingerprint density at radius 1 is 1.04 bits per heavy atom. The van der Waals surface area contributed by atoms with Crippen molar-refractivity contribution >= 4 is 11.6 Å². The molecule has 0 saturated carbocycles. The van der Waals surface area contributed by atoms with Crippen molar-refractivity contribution in [2.45, 2.75) is 44.8 Å². The van der Waals surface area contributed by atoms with Crippen molar-refractivity contribution in [3.8, 4) is 6.07 Å². The molecule has 0 aliphatic carbocycles. The van der Waals surface area contributed by atoms with E-state index in [1.165, 1.54) is 0 Å². The van der Waals surface area contributed by atoms with E-state index in [2.05, 4.69) is 15.9 Å². The minimum atomic E-state index is -0.246. The Kier molecular flexibility index (Phi) is 4.69. The summed E-state index contributed by atoms with van der Waals surface area (Å²) in [5.41, 5.74) is 1.56. The van der Waals surface area contributed by atoms with Gasteiger partial charge in [0.2, 0.25) is 0 Å². The second kappa shape index (κ2) is 6.73. The lowest BCUT2D eigenvalue weighted by Gasteiger charge is -2.34. The highest BCUT2D eigenvalue weighted by Gasteiger charge is 2.24. The lowest BCUT2D eigenvalue weighted by Crippen LogP contribution is -2.38. The maximum absolute atomic E-state index is 9.69. The number of hydrogen-bond acceptors (Lipinski definition) is 6. The smallest absolute Gasteiger partial charge is 0.149 e. The van der Waals surface area contributed by atoms with Gasteiger partial charge in [-0.1, -0.05) is 0 Å². The number of aliphatic hydroxyl groups is 2. The summed E-state index contributed by atoms with van der Waals surface area (Å²) >= 11 is 0. The molecule has 2 aliphatic heterocycles. The third-order valence-corrected chi connectivity index (χ3v) is 4.85. The monoisotopic (exact) mass is 316 g/mol. The van der Waals surface area contributed by atoms with Gasteiger partial charge in [-0.3, -0.25) is 0 Å². The van der Waals surface area contributed by atoms with E-state index < -0.39 is 0 Å². The molecule has 2 saturated heterocycles. The molecule has 1 aromatic rings. The average Bonchev–Trinajstić information content (AvgIpc) is 2.55. The molecule has 0 aromatic carbocycles. The normalized spacial score (nSPS) is 20.6. The van der Waals surface area contributed by atoms with E-state index in [0.717, 1.165) is 56.2 Å². The molecule has 3 heterocycles. The van der Waals surface area contributed by atoms with Gasteiger partial charge in [0, 0.05) is 26.2 Å². The van der Waals surface area contributed by atoms with Gasteiger partial charge in [-0.2, -0.15) is 5.26 Å². The molecule has 6 nitrogen and oxygen atoms in total. The zero-order chi connectivity index (χ0) is 16.4. The maximum atomic E-state index is 9.69. The van der Waals surface area contributed by atoms with Gasteiger partial charge in [-0.25, -0.2) is 4.98 Å². The molecule has 124 valence electrons. The number of nitrogens with zero attached hydrogens (tertiary/aromatic N) is 4. The molecule has 1 aromatic heterocycles. The molecule has 23 heavy (non-hydrogen) atoms. The molecule has 2 aliphatic rings. The molecule has 0 spiro atoms. The Morgan fingerprint density at radius 2 is 1.57 bits per heavy atom. The fraction of sp³-hybridized carbons (Fsp3) is 0.647.